The molecular weight excluding hydrogens is 442 g/mol. The number of rotatable bonds is 13. The number of cyclic esters (lactones) is 1. The first-order valence-corrected chi connectivity index (χ1v) is 12.3. The molecule has 6 nitrogen and oxygen atoms in total. The Morgan fingerprint density at radius 1 is 1.17 bits per heavy atom. The van der Waals surface area contributed by atoms with Crippen molar-refractivity contribution in [2.75, 3.05) is 0 Å². The van der Waals surface area contributed by atoms with E-state index in [0.29, 0.717) is 12.5 Å². The van der Waals surface area contributed by atoms with Gasteiger partial charge in [-0.1, -0.05) is 87.6 Å². The topological polar surface area (TPSA) is 92.7 Å². The van der Waals surface area contributed by atoms with E-state index >= 15 is 0 Å². The third-order valence-electron chi connectivity index (χ3n) is 5.84. The Morgan fingerprint density at radius 3 is 2.60 bits per heavy atom. The normalized spacial score (nSPS) is 19.5. The van der Waals surface area contributed by atoms with E-state index in [-0.39, 0.29) is 11.5 Å². The highest BCUT2D eigenvalue weighted by molar-refractivity contribution is 5.91. The Morgan fingerprint density at radius 2 is 1.91 bits per heavy atom. The summed E-state index contributed by atoms with van der Waals surface area (Å²) in [6, 6.07) is 9.48. The summed E-state index contributed by atoms with van der Waals surface area (Å²) in [5.41, 5.74) is 1.91. The highest BCUT2D eigenvalue weighted by Crippen LogP contribution is 2.27. The molecule has 1 aromatic carbocycles. The summed E-state index contributed by atoms with van der Waals surface area (Å²) in [6.45, 7) is 6.55. The molecule has 0 radical (unpaired) electrons. The molecule has 1 aliphatic heterocycles. The predicted octanol–water partition coefficient (Wildman–Crippen LogP) is 5.52. The van der Waals surface area contributed by atoms with Crippen molar-refractivity contribution in [2.45, 2.75) is 65.5 Å². The van der Waals surface area contributed by atoms with Crippen LogP contribution < -0.4 is 5.32 Å². The molecule has 1 aromatic rings. The van der Waals surface area contributed by atoms with Gasteiger partial charge in [0.2, 0.25) is 5.91 Å². The standard InChI is InChI=1S/C29H37NO5/c1-4-5-6-8-11-21(2)18-22(3)19-25(29(33)34)24-14-17-28(32)35-26(24)15-16-27(31)30-20-23-12-9-7-10-13-23/h7,9-10,12-19,21,24,26H,4-6,8,11,20H2,1-3H3,(H,30,31)(H,33,34)/t21?,24-,26-/m0/s1. The summed E-state index contributed by atoms with van der Waals surface area (Å²) in [7, 11) is 0. The Labute approximate surface area is 208 Å². The van der Waals surface area contributed by atoms with Crippen LogP contribution in [0.1, 0.15) is 58.4 Å². The van der Waals surface area contributed by atoms with Crippen molar-refractivity contribution in [3.05, 3.63) is 83.5 Å². The molecule has 1 unspecified atom stereocenters. The minimum absolute atomic E-state index is 0.111. The Balaban J connectivity index is 2.11. The van der Waals surface area contributed by atoms with Gasteiger partial charge in [-0.15, -0.1) is 0 Å². The van der Waals surface area contributed by atoms with Gasteiger partial charge in [0.25, 0.3) is 0 Å². The number of allylic oxidation sites excluding steroid dienone is 3. The third-order valence-corrected chi connectivity index (χ3v) is 5.84. The number of aliphatic carboxylic acids is 1. The Bertz CT molecular complexity index is 974. The lowest BCUT2D eigenvalue weighted by Crippen LogP contribution is -2.31. The number of nitrogens with one attached hydrogen (secondary N) is 1. The molecule has 2 rings (SSSR count). The van der Waals surface area contributed by atoms with Gasteiger partial charge in [0, 0.05) is 24.3 Å². The smallest absolute Gasteiger partial charge is 0.332 e. The van der Waals surface area contributed by atoms with Crippen LogP contribution in [0.25, 0.3) is 0 Å². The molecule has 35 heavy (non-hydrogen) atoms. The van der Waals surface area contributed by atoms with Crippen LogP contribution in [0.2, 0.25) is 0 Å². The lowest BCUT2D eigenvalue weighted by molar-refractivity contribution is -0.144. The number of hydrogen-bond donors (Lipinski definition) is 2. The molecule has 0 saturated carbocycles. The zero-order valence-corrected chi connectivity index (χ0v) is 20.9. The molecule has 0 spiro atoms. The lowest BCUT2D eigenvalue weighted by atomic mass is 9.88. The number of carbonyl (C=O) groups is 3. The van der Waals surface area contributed by atoms with Gasteiger partial charge in [0.1, 0.15) is 6.10 Å². The minimum Gasteiger partial charge on any atom is -0.478 e. The van der Waals surface area contributed by atoms with Crippen LogP contribution in [0.5, 0.6) is 0 Å². The first-order valence-electron chi connectivity index (χ1n) is 12.3. The predicted molar refractivity (Wildman–Crippen MR) is 137 cm³/mol. The van der Waals surface area contributed by atoms with Crippen molar-refractivity contribution in [1.82, 2.24) is 5.32 Å². The molecule has 188 valence electrons. The second-order valence-electron chi connectivity index (χ2n) is 8.99. The minimum atomic E-state index is -1.09. The fourth-order valence-electron chi connectivity index (χ4n) is 4.02. The zero-order valence-electron chi connectivity index (χ0n) is 20.9. The van der Waals surface area contributed by atoms with E-state index in [2.05, 4.69) is 25.2 Å². The van der Waals surface area contributed by atoms with E-state index in [1.165, 1.54) is 43.6 Å². The number of carbonyl (C=O) groups excluding carboxylic acids is 2. The molecular formula is C29H37NO5. The second kappa shape index (κ2) is 14.8. The van der Waals surface area contributed by atoms with Crippen LogP contribution in [-0.2, 0) is 25.7 Å². The SMILES string of the molecule is CCCCCCC(C)C=C(C)C=C(C(=O)O)[C@@H]1C=CC(=O)O[C@H]1C=CC(=O)NCc1ccccc1. The van der Waals surface area contributed by atoms with E-state index in [4.69, 9.17) is 4.74 Å². The van der Waals surface area contributed by atoms with Gasteiger partial charge >= 0.3 is 11.9 Å². The molecule has 0 aliphatic carbocycles. The number of benzene rings is 1. The molecule has 0 saturated heterocycles. The molecule has 0 aromatic heterocycles. The number of ether oxygens (including phenoxy) is 1. The van der Waals surface area contributed by atoms with Crippen LogP contribution in [0, 0.1) is 11.8 Å². The molecule has 1 amide bonds. The summed E-state index contributed by atoms with van der Waals surface area (Å²) in [4.78, 5) is 36.3. The van der Waals surface area contributed by atoms with Gasteiger partial charge < -0.3 is 15.2 Å². The number of carboxylic acid groups (broad SMARTS) is 1. The molecule has 2 N–H and O–H groups in total. The van der Waals surface area contributed by atoms with Gasteiger partial charge in [0.15, 0.2) is 0 Å². The summed E-state index contributed by atoms with van der Waals surface area (Å²) in [5.74, 6) is -2.38. The molecule has 6 heteroatoms. The molecule has 1 heterocycles. The maximum Gasteiger partial charge on any atom is 0.332 e. The van der Waals surface area contributed by atoms with E-state index < -0.39 is 24.0 Å². The van der Waals surface area contributed by atoms with E-state index in [1.807, 2.05) is 37.3 Å². The summed E-state index contributed by atoms with van der Waals surface area (Å²) in [6.07, 6.45) is 14.1. The first kappa shape index (κ1) is 27.8. The van der Waals surface area contributed by atoms with Crippen molar-refractivity contribution in [3.63, 3.8) is 0 Å². The van der Waals surface area contributed by atoms with E-state index in [0.717, 1.165) is 24.0 Å². The van der Waals surface area contributed by atoms with Crippen LogP contribution in [0.4, 0.5) is 0 Å². The number of esters is 1. The van der Waals surface area contributed by atoms with Crippen LogP contribution >= 0.6 is 0 Å². The van der Waals surface area contributed by atoms with Crippen molar-refractivity contribution in [3.8, 4) is 0 Å². The quantitative estimate of drug-likeness (QED) is 0.168. The van der Waals surface area contributed by atoms with Crippen LogP contribution in [0.15, 0.2) is 77.9 Å². The fraction of sp³-hybridized carbons (Fsp3) is 0.414. The van der Waals surface area contributed by atoms with Crippen LogP contribution in [-0.4, -0.2) is 29.1 Å². The highest BCUT2D eigenvalue weighted by Gasteiger charge is 2.31. The third kappa shape index (κ3) is 10.2. The number of hydrogen-bond acceptors (Lipinski definition) is 4. The monoisotopic (exact) mass is 479 g/mol. The highest BCUT2D eigenvalue weighted by atomic mass is 16.5. The van der Waals surface area contributed by atoms with E-state index in [1.54, 1.807) is 6.08 Å². The Hall–Kier alpha value is -3.41. The van der Waals surface area contributed by atoms with Gasteiger partial charge in [-0.25, -0.2) is 9.59 Å². The average Bonchev–Trinajstić information content (AvgIpc) is 2.83. The largest absolute Gasteiger partial charge is 0.478 e. The maximum absolute atomic E-state index is 12.3. The Kier molecular flexibility index (Phi) is 11.7. The second-order valence-corrected chi connectivity index (χ2v) is 8.99. The molecule has 0 bridgehead atoms. The summed E-state index contributed by atoms with van der Waals surface area (Å²) >= 11 is 0. The first-order chi connectivity index (χ1) is 16.8. The van der Waals surface area contributed by atoms with Crippen molar-refractivity contribution in [1.29, 1.82) is 0 Å². The zero-order chi connectivity index (χ0) is 25.6. The lowest BCUT2D eigenvalue weighted by Gasteiger charge is -2.25. The molecule has 0 fully saturated rings. The van der Waals surface area contributed by atoms with Gasteiger partial charge in [-0.2, -0.15) is 0 Å². The number of unbranched alkanes of at least 4 members (excludes halogenated alkanes) is 3. The fourth-order valence-corrected chi connectivity index (χ4v) is 4.02. The van der Waals surface area contributed by atoms with Crippen LogP contribution in [0.3, 0.4) is 0 Å². The van der Waals surface area contributed by atoms with Crippen molar-refractivity contribution >= 4 is 17.8 Å². The van der Waals surface area contributed by atoms with Gasteiger partial charge in [-0.05, 0) is 37.0 Å². The van der Waals surface area contributed by atoms with Gasteiger partial charge in [0.05, 0.1) is 5.92 Å². The average molecular weight is 480 g/mol. The summed E-state index contributed by atoms with van der Waals surface area (Å²) < 4.78 is 5.37. The molecule has 3 atom stereocenters. The number of carboxylic acids is 1. The number of amides is 1. The van der Waals surface area contributed by atoms with Crippen molar-refractivity contribution < 1.29 is 24.2 Å². The summed E-state index contributed by atoms with van der Waals surface area (Å²) in [5, 5.41) is 12.7. The molecule has 1 aliphatic rings. The van der Waals surface area contributed by atoms with Gasteiger partial charge in [-0.3, -0.25) is 4.79 Å². The maximum atomic E-state index is 12.3. The van der Waals surface area contributed by atoms with E-state index in [9.17, 15) is 19.5 Å². The van der Waals surface area contributed by atoms with Crippen molar-refractivity contribution in [2.24, 2.45) is 11.8 Å².